The Morgan fingerprint density at radius 1 is 1.16 bits per heavy atom. The number of hydrogen-bond acceptors (Lipinski definition) is 4. The van der Waals surface area contributed by atoms with Gasteiger partial charge in [-0.25, -0.2) is 9.97 Å². The van der Waals surface area contributed by atoms with E-state index in [0.29, 0.717) is 11.4 Å². The number of nitrogens with one attached hydrogen (secondary N) is 1. The van der Waals surface area contributed by atoms with Crippen LogP contribution in [0.1, 0.15) is 36.0 Å². The quantitative estimate of drug-likeness (QED) is 0.767. The number of aliphatic hydroxyl groups excluding tert-OH is 1. The van der Waals surface area contributed by atoms with Gasteiger partial charge in [0.15, 0.2) is 0 Å². The smallest absolute Gasteiger partial charge is 0.253 e. The number of aromatic nitrogens is 3. The third-order valence-corrected chi connectivity index (χ3v) is 4.95. The third kappa shape index (κ3) is 2.89. The molecular weight excluding hydrogens is 316 g/mol. The average Bonchev–Trinajstić information content (AvgIpc) is 3.29. The first kappa shape index (κ1) is 15.8. The summed E-state index contributed by atoms with van der Waals surface area (Å²) in [5.74, 6) is 0.522. The van der Waals surface area contributed by atoms with E-state index < -0.39 is 5.54 Å². The van der Waals surface area contributed by atoms with Gasteiger partial charge in [-0.1, -0.05) is 25.0 Å². The Bertz CT molecular complexity index is 895. The largest absolute Gasteiger partial charge is 0.394 e. The lowest BCUT2D eigenvalue weighted by Crippen LogP contribution is -2.49. The number of amides is 1. The highest BCUT2D eigenvalue weighted by atomic mass is 16.3. The van der Waals surface area contributed by atoms with Crippen LogP contribution in [0.5, 0.6) is 0 Å². The van der Waals surface area contributed by atoms with Crippen LogP contribution in [0.4, 0.5) is 0 Å². The number of nitrogens with zero attached hydrogens (tertiary/aromatic N) is 3. The van der Waals surface area contributed by atoms with Crippen LogP contribution >= 0.6 is 0 Å². The van der Waals surface area contributed by atoms with Gasteiger partial charge in [0.1, 0.15) is 12.1 Å². The van der Waals surface area contributed by atoms with E-state index in [9.17, 15) is 9.90 Å². The molecule has 6 heteroatoms. The van der Waals surface area contributed by atoms with Crippen LogP contribution in [0.25, 0.3) is 16.9 Å². The molecule has 0 unspecified atom stereocenters. The molecule has 128 valence electrons. The average molecular weight is 336 g/mol. The van der Waals surface area contributed by atoms with Crippen LogP contribution in [0.3, 0.4) is 0 Å². The second kappa shape index (κ2) is 6.29. The van der Waals surface area contributed by atoms with Crippen molar-refractivity contribution < 1.29 is 9.90 Å². The number of rotatable bonds is 4. The molecule has 0 atom stereocenters. The Morgan fingerprint density at radius 2 is 1.96 bits per heavy atom. The molecule has 3 aromatic rings. The summed E-state index contributed by atoms with van der Waals surface area (Å²) in [6, 6.07) is 11.4. The van der Waals surface area contributed by atoms with E-state index in [-0.39, 0.29) is 12.5 Å². The number of aliphatic hydroxyl groups is 1. The monoisotopic (exact) mass is 336 g/mol. The van der Waals surface area contributed by atoms with Gasteiger partial charge in [0, 0.05) is 6.20 Å². The number of benzene rings is 1. The topological polar surface area (TPSA) is 80.0 Å². The summed E-state index contributed by atoms with van der Waals surface area (Å²) in [7, 11) is 0. The number of pyridine rings is 1. The number of hydrogen-bond donors (Lipinski definition) is 2. The minimum atomic E-state index is -0.476. The lowest BCUT2D eigenvalue weighted by molar-refractivity contribution is 0.0838. The van der Waals surface area contributed by atoms with Crippen molar-refractivity contribution in [3.05, 3.63) is 54.5 Å². The maximum absolute atomic E-state index is 12.5. The predicted molar refractivity (Wildman–Crippen MR) is 94.6 cm³/mol. The van der Waals surface area contributed by atoms with Crippen LogP contribution in [0.15, 0.2) is 48.9 Å². The summed E-state index contributed by atoms with van der Waals surface area (Å²) in [6.07, 6.45) is 7.01. The van der Waals surface area contributed by atoms with Gasteiger partial charge < -0.3 is 10.4 Å². The molecule has 0 saturated heterocycles. The molecule has 2 aromatic heterocycles. The fraction of sp³-hybridized carbons (Fsp3) is 0.316. The van der Waals surface area contributed by atoms with Crippen molar-refractivity contribution in [1.29, 1.82) is 0 Å². The summed E-state index contributed by atoms with van der Waals surface area (Å²) in [6.45, 7) is -0.0225. The van der Waals surface area contributed by atoms with Crippen molar-refractivity contribution >= 4 is 16.9 Å². The highest BCUT2D eigenvalue weighted by Crippen LogP contribution is 2.29. The van der Waals surface area contributed by atoms with Crippen molar-refractivity contribution in [2.45, 2.75) is 31.2 Å². The molecule has 0 aliphatic heterocycles. The van der Waals surface area contributed by atoms with E-state index in [4.69, 9.17) is 0 Å². The summed E-state index contributed by atoms with van der Waals surface area (Å²) in [4.78, 5) is 21.3. The maximum atomic E-state index is 12.5. The first-order chi connectivity index (χ1) is 12.2. The zero-order chi connectivity index (χ0) is 17.3. The Kier molecular flexibility index (Phi) is 3.97. The van der Waals surface area contributed by atoms with Gasteiger partial charge in [-0.2, -0.15) is 0 Å². The molecule has 1 fully saturated rings. The summed E-state index contributed by atoms with van der Waals surface area (Å²) < 4.78 is 1.89. The molecule has 0 spiro atoms. The highest BCUT2D eigenvalue weighted by Gasteiger charge is 2.34. The van der Waals surface area contributed by atoms with Gasteiger partial charge in [0.05, 0.1) is 28.7 Å². The molecule has 1 aromatic carbocycles. The summed E-state index contributed by atoms with van der Waals surface area (Å²) >= 11 is 0. The van der Waals surface area contributed by atoms with Crippen molar-refractivity contribution in [2.24, 2.45) is 0 Å². The second-order valence-corrected chi connectivity index (χ2v) is 6.61. The molecule has 1 amide bonds. The van der Waals surface area contributed by atoms with Gasteiger partial charge in [-0.3, -0.25) is 9.36 Å². The number of carbonyl (C=O) groups excluding carboxylic acids is 1. The zero-order valence-electron chi connectivity index (χ0n) is 13.9. The molecule has 0 bridgehead atoms. The number of para-hydroxylation sites is 2. The molecule has 1 aliphatic rings. The molecule has 6 nitrogen and oxygen atoms in total. The second-order valence-electron chi connectivity index (χ2n) is 6.61. The van der Waals surface area contributed by atoms with Crippen molar-refractivity contribution in [2.75, 3.05) is 6.61 Å². The molecule has 0 radical (unpaired) electrons. The zero-order valence-corrected chi connectivity index (χ0v) is 13.9. The fourth-order valence-corrected chi connectivity index (χ4v) is 3.49. The summed E-state index contributed by atoms with van der Waals surface area (Å²) in [5, 5.41) is 12.6. The molecule has 2 N–H and O–H groups in total. The van der Waals surface area contributed by atoms with Gasteiger partial charge in [-0.15, -0.1) is 0 Å². The van der Waals surface area contributed by atoms with Crippen LogP contribution in [-0.2, 0) is 0 Å². The van der Waals surface area contributed by atoms with Gasteiger partial charge in [0.25, 0.3) is 5.91 Å². The molecule has 1 aliphatic carbocycles. The maximum Gasteiger partial charge on any atom is 0.253 e. The number of imidazole rings is 1. The molecule has 4 rings (SSSR count). The molecular formula is C19H20N4O2. The number of carbonyl (C=O) groups is 1. The van der Waals surface area contributed by atoms with E-state index in [1.807, 2.05) is 34.9 Å². The Balaban J connectivity index is 1.56. The van der Waals surface area contributed by atoms with Crippen LogP contribution in [0, 0.1) is 0 Å². The van der Waals surface area contributed by atoms with Crippen molar-refractivity contribution in [1.82, 2.24) is 19.9 Å². The van der Waals surface area contributed by atoms with Gasteiger partial charge in [0.2, 0.25) is 0 Å². The normalized spacial score (nSPS) is 16.2. The van der Waals surface area contributed by atoms with Crippen molar-refractivity contribution in [3.8, 4) is 5.82 Å². The van der Waals surface area contributed by atoms with Crippen LogP contribution in [0.2, 0.25) is 0 Å². The van der Waals surface area contributed by atoms with E-state index in [1.54, 1.807) is 18.6 Å². The first-order valence-corrected chi connectivity index (χ1v) is 8.53. The summed E-state index contributed by atoms with van der Waals surface area (Å²) in [5.41, 5.74) is 1.89. The number of fused-ring (bicyclic) bond motifs is 1. The minimum Gasteiger partial charge on any atom is -0.394 e. The first-order valence-electron chi connectivity index (χ1n) is 8.53. The lowest BCUT2D eigenvalue weighted by atomic mass is 9.98. The minimum absolute atomic E-state index is 0.0225. The Hall–Kier alpha value is -2.73. The van der Waals surface area contributed by atoms with E-state index in [2.05, 4.69) is 15.3 Å². The van der Waals surface area contributed by atoms with Gasteiger partial charge >= 0.3 is 0 Å². The van der Waals surface area contributed by atoms with Crippen LogP contribution < -0.4 is 5.32 Å². The fourth-order valence-electron chi connectivity index (χ4n) is 3.49. The molecule has 1 saturated carbocycles. The Morgan fingerprint density at radius 3 is 2.68 bits per heavy atom. The van der Waals surface area contributed by atoms with E-state index >= 15 is 0 Å². The van der Waals surface area contributed by atoms with Crippen LogP contribution in [-0.4, -0.2) is 37.7 Å². The van der Waals surface area contributed by atoms with E-state index in [0.717, 1.165) is 36.7 Å². The Labute approximate surface area is 145 Å². The predicted octanol–water partition coefficient (Wildman–Crippen LogP) is 2.46. The SMILES string of the molecule is O=C(NC1(CO)CCCC1)c1ccc(-n2cnc3ccccc32)nc1. The van der Waals surface area contributed by atoms with Gasteiger partial charge in [-0.05, 0) is 37.1 Å². The molecule has 2 heterocycles. The standard InChI is InChI=1S/C19H20N4O2/c24-12-19(9-3-4-10-19)22-18(25)14-7-8-17(20-11-14)23-13-21-15-5-1-2-6-16(15)23/h1-2,5-8,11,13,24H,3-4,9-10,12H2,(H,22,25). The van der Waals surface area contributed by atoms with Crippen molar-refractivity contribution in [3.63, 3.8) is 0 Å². The van der Waals surface area contributed by atoms with E-state index in [1.165, 1.54) is 0 Å². The molecule has 25 heavy (non-hydrogen) atoms. The third-order valence-electron chi connectivity index (χ3n) is 4.95. The lowest BCUT2D eigenvalue weighted by Gasteiger charge is -2.27. The highest BCUT2D eigenvalue weighted by molar-refractivity contribution is 5.94.